The summed E-state index contributed by atoms with van der Waals surface area (Å²) >= 11 is 0. The lowest BCUT2D eigenvalue weighted by molar-refractivity contribution is 0.0510. The summed E-state index contributed by atoms with van der Waals surface area (Å²) in [5, 5.41) is 7.58. The van der Waals surface area contributed by atoms with Gasteiger partial charge in [0.25, 0.3) is 0 Å². The molecule has 16 heavy (non-hydrogen) atoms. The van der Waals surface area contributed by atoms with Crippen LogP contribution in [0.4, 0.5) is 0 Å². The third kappa shape index (κ3) is 1.69. The molecule has 2 N–H and O–H groups in total. The van der Waals surface area contributed by atoms with Crippen molar-refractivity contribution in [1.29, 1.82) is 0 Å². The Bertz CT molecular complexity index is 273. The highest BCUT2D eigenvalue weighted by atomic mass is 15.2. The van der Waals surface area contributed by atoms with Crippen LogP contribution in [0.25, 0.3) is 0 Å². The summed E-state index contributed by atoms with van der Waals surface area (Å²) in [7, 11) is 2.32. The van der Waals surface area contributed by atoms with Gasteiger partial charge < -0.3 is 15.5 Å². The lowest BCUT2D eigenvalue weighted by Crippen LogP contribution is -2.71. The molecular weight excluding hydrogens is 198 g/mol. The normalized spacial score (nSPS) is 47.4. The predicted octanol–water partition coefficient (Wildman–Crippen LogP) is 0.953. The number of piperidine rings is 1. The van der Waals surface area contributed by atoms with Gasteiger partial charge in [-0.25, -0.2) is 0 Å². The molecule has 2 atom stereocenters. The van der Waals surface area contributed by atoms with E-state index < -0.39 is 0 Å². The molecule has 3 fully saturated rings. The summed E-state index contributed by atoms with van der Waals surface area (Å²) in [5.41, 5.74) is 0.633. The Morgan fingerprint density at radius 2 is 1.69 bits per heavy atom. The maximum absolute atomic E-state index is 3.94. The van der Waals surface area contributed by atoms with Gasteiger partial charge in [-0.2, -0.15) is 0 Å². The highest BCUT2D eigenvalue weighted by Crippen LogP contribution is 2.41. The zero-order valence-corrected chi connectivity index (χ0v) is 10.8. The van der Waals surface area contributed by atoms with Crippen molar-refractivity contribution >= 4 is 0 Å². The number of piperazine rings is 1. The summed E-state index contributed by atoms with van der Waals surface area (Å²) in [4.78, 5) is 2.62. The second kappa shape index (κ2) is 3.44. The van der Waals surface area contributed by atoms with Crippen LogP contribution in [-0.2, 0) is 0 Å². The summed E-state index contributed by atoms with van der Waals surface area (Å²) in [5.74, 6) is 0. The van der Waals surface area contributed by atoms with Crippen molar-refractivity contribution in [2.24, 2.45) is 0 Å². The molecule has 0 radical (unpaired) electrons. The van der Waals surface area contributed by atoms with E-state index in [2.05, 4.69) is 36.4 Å². The molecule has 3 aliphatic rings. The van der Waals surface area contributed by atoms with Gasteiger partial charge in [-0.15, -0.1) is 0 Å². The first-order chi connectivity index (χ1) is 7.50. The minimum absolute atomic E-state index is 0.258. The third-order valence-electron chi connectivity index (χ3n) is 4.87. The van der Waals surface area contributed by atoms with Crippen molar-refractivity contribution in [1.82, 2.24) is 15.5 Å². The Morgan fingerprint density at radius 1 is 1.06 bits per heavy atom. The second-order valence-electron chi connectivity index (χ2n) is 6.85. The number of fused-ring (bicyclic) bond motifs is 2. The summed E-state index contributed by atoms with van der Waals surface area (Å²) in [6.45, 7) is 6.90. The molecule has 0 aliphatic carbocycles. The Hall–Kier alpha value is -0.120. The highest BCUT2D eigenvalue weighted by molar-refractivity contribution is 5.10. The fourth-order valence-corrected chi connectivity index (χ4v) is 4.23. The van der Waals surface area contributed by atoms with Crippen LogP contribution < -0.4 is 10.6 Å². The van der Waals surface area contributed by atoms with Crippen molar-refractivity contribution in [3.05, 3.63) is 0 Å². The van der Waals surface area contributed by atoms with Crippen LogP contribution in [0.2, 0.25) is 0 Å². The Labute approximate surface area is 99.0 Å². The molecular formula is C13H25N3. The molecule has 0 aromatic carbocycles. The van der Waals surface area contributed by atoms with Crippen molar-refractivity contribution in [2.75, 3.05) is 20.1 Å². The lowest BCUT2D eigenvalue weighted by Gasteiger charge is -2.53. The van der Waals surface area contributed by atoms with Crippen LogP contribution >= 0.6 is 0 Å². The fourth-order valence-electron chi connectivity index (χ4n) is 4.23. The van der Waals surface area contributed by atoms with Gasteiger partial charge in [-0.3, -0.25) is 0 Å². The standard InChI is InChI=1S/C13H25N3/c1-12(2)8-14-9-13(15-12)6-10-4-5-11(7-13)16(10)3/h10-11,14-15H,4-9H2,1-3H3. The van der Waals surface area contributed by atoms with Gasteiger partial charge in [0.2, 0.25) is 0 Å². The van der Waals surface area contributed by atoms with E-state index in [1.165, 1.54) is 25.7 Å². The smallest absolute Gasteiger partial charge is 0.0341 e. The van der Waals surface area contributed by atoms with Crippen molar-refractivity contribution < 1.29 is 0 Å². The van der Waals surface area contributed by atoms with Gasteiger partial charge in [0.1, 0.15) is 0 Å². The largest absolute Gasteiger partial charge is 0.313 e. The third-order valence-corrected chi connectivity index (χ3v) is 4.87. The minimum atomic E-state index is 0.258. The fraction of sp³-hybridized carbons (Fsp3) is 1.00. The van der Waals surface area contributed by atoms with Gasteiger partial charge >= 0.3 is 0 Å². The Morgan fingerprint density at radius 3 is 2.25 bits per heavy atom. The summed E-state index contributed by atoms with van der Waals surface area (Å²) < 4.78 is 0. The van der Waals surface area contributed by atoms with Crippen molar-refractivity contribution in [3.8, 4) is 0 Å². The number of rotatable bonds is 0. The van der Waals surface area contributed by atoms with Crippen molar-refractivity contribution in [2.45, 2.75) is 62.7 Å². The van der Waals surface area contributed by atoms with Crippen LogP contribution in [-0.4, -0.2) is 48.2 Å². The number of nitrogens with one attached hydrogen (secondary N) is 2. The molecule has 0 saturated carbocycles. The molecule has 3 heterocycles. The predicted molar refractivity (Wildman–Crippen MR) is 66.6 cm³/mol. The summed E-state index contributed by atoms with van der Waals surface area (Å²) in [6, 6.07) is 1.64. The van der Waals surface area contributed by atoms with E-state index in [1.807, 2.05) is 0 Å². The zero-order chi connectivity index (χ0) is 11.4. The molecule has 0 amide bonds. The monoisotopic (exact) mass is 223 g/mol. The van der Waals surface area contributed by atoms with Gasteiger partial charge in [0.05, 0.1) is 0 Å². The van der Waals surface area contributed by atoms with Crippen molar-refractivity contribution in [3.63, 3.8) is 0 Å². The molecule has 0 aromatic rings. The molecule has 0 aromatic heterocycles. The first-order valence-corrected chi connectivity index (χ1v) is 6.72. The van der Waals surface area contributed by atoms with Crippen LogP contribution in [0.3, 0.4) is 0 Å². The summed E-state index contributed by atoms with van der Waals surface area (Å²) in [6.07, 6.45) is 5.48. The number of hydrogen-bond donors (Lipinski definition) is 2. The Balaban J connectivity index is 1.80. The average molecular weight is 223 g/mol. The second-order valence-corrected chi connectivity index (χ2v) is 6.85. The molecule has 1 spiro atoms. The molecule has 3 rings (SSSR count). The minimum Gasteiger partial charge on any atom is -0.313 e. The highest BCUT2D eigenvalue weighted by Gasteiger charge is 2.49. The molecule has 3 nitrogen and oxygen atoms in total. The van der Waals surface area contributed by atoms with Crippen LogP contribution in [0.1, 0.15) is 39.5 Å². The molecule has 3 heteroatoms. The molecule has 2 bridgehead atoms. The van der Waals surface area contributed by atoms with E-state index in [-0.39, 0.29) is 5.54 Å². The van der Waals surface area contributed by atoms with E-state index in [9.17, 15) is 0 Å². The van der Waals surface area contributed by atoms with Gasteiger partial charge in [-0.1, -0.05) is 0 Å². The van der Waals surface area contributed by atoms with E-state index in [0.29, 0.717) is 5.54 Å². The van der Waals surface area contributed by atoms with E-state index in [4.69, 9.17) is 0 Å². The molecule has 3 saturated heterocycles. The van der Waals surface area contributed by atoms with E-state index in [0.717, 1.165) is 25.2 Å². The quantitative estimate of drug-likeness (QED) is 0.640. The van der Waals surface area contributed by atoms with E-state index >= 15 is 0 Å². The van der Waals surface area contributed by atoms with Crippen LogP contribution in [0.15, 0.2) is 0 Å². The lowest BCUT2D eigenvalue weighted by atomic mass is 9.79. The maximum atomic E-state index is 3.94. The van der Waals surface area contributed by atoms with E-state index in [1.54, 1.807) is 0 Å². The Kier molecular flexibility index (Phi) is 2.36. The van der Waals surface area contributed by atoms with Gasteiger partial charge in [0.15, 0.2) is 0 Å². The van der Waals surface area contributed by atoms with Crippen LogP contribution in [0, 0.1) is 0 Å². The first kappa shape index (κ1) is 11.0. The van der Waals surface area contributed by atoms with Gasteiger partial charge in [0, 0.05) is 36.3 Å². The SMILES string of the molecule is CN1C2CCC1CC1(CNCC(C)(C)N1)C2. The van der Waals surface area contributed by atoms with Crippen LogP contribution in [0.5, 0.6) is 0 Å². The average Bonchev–Trinajstić information content (AvgIpc) is 2.44. The maximum Gasteiger partial charge on any atom is 0.0341 e. The molecule has 2 unspecified atom stereocenters. The first-order valence-electron chi connectivity index (χ1n) is 6.72. The zero-order valence-electron chi connectivity index (χ0n) is 10.8. The number of hydrogen-bond acceptors (Lipinski definition) is 3. The topological polar surface area (TPSA) is 27.3 Å². The molecule has 3 aliphatic heterocycles. The number of nitrogens with zero attached hydrogens (tertiary/aromatic N) is 1. The molecule has 92 valence electrons. The van der Waals surface area contributed by atoms with Gasteiger partial charge in [-0.05, 0) is 46.6 Å².